The number of nitrogens with zero attached hydrogens (tertiary/aromatic N) is 3. The van der Waals surface area contributed by atoms with Gasteiger partial charge in [0.2, 0.25) is 0 Å². The number of hydrogen-bond acceptors (Lipinski definition) is 6. The van der Waals surface area contributed by atoms with Crippen molar-refractivity contribution in [2.24, 2.45) is 0 Å². The van der Waals surface area contributed by atoms with Crippen LogP contribution in [0.25, 0.3) is 10.9 Å². The second-order valence-corrected chi connectivity index (χ2v) is 7.65. The first kappa shape index (κ1) is 21.3. The number of amides is 2. The number of fused-ring (bicyclic) bond motifs is 3. The van der Waals surface area contributed by atoms with Crippen LogP contribution in [-0.4, -0.2) is 41.5 Å². The lowest BCUT2D eigenvalue weighted by molar-refractivity contribution is -0.120. The second-order valence-electron chi connectivity index (χ2n) is 7.65. The van der Waals surface area contributed by atoms with Crippen molar-refractivity contribution < 1.29 is 23.5 Å². The van der Waals surface area contributed by atoms with Gasteiger partial charge >= 0.3 is 0 Å². The molecule has 0 radical (unpaired) electrons. The summed E-state index contributed by atoms with van der Waals surface area (Å²) in [7, 11) is 1.63. The van der Waals surface area contributed by atoms with Crippen LogP contribution < -0.4 is 19.7 Å². The van der Waals surface area contributed by atoms with Gasteiger partial charge in [0.05, 0.1) is 11.2 Å². The van der Waals surface area contributed by atoms with Gasteiger partial charge in [0.15, 0.2) is 0 Å². The molecule has 3 heterocycles. The molecule has 0 aliphatic carbocycles. The molecule has 2 aromatic carbocycles. The maximum Gasteiger partial charge on any atom is 0.270 e. The van der Waals surface area contributed by atoms with Crippen LogP contribution >= 0.6 is 0 Å². The number of carbonyl (C=O) groups is 2. The minimum Gasteiger partial charge on any atom is -0.489 e. The molecule has 2 amide bonds. The highest BCUT2D eigenvalue weighted by molar-refractivity contribution is 6.08. The molecule has 170 valence electrons. The Morgan fingerprint density at radius 3 is 2.79 bits per heavy atom. The molecule has 0 fully saturated rings. The van der Waals surface area contributed by atoms with Crippen LogP contribution in [0.2, 0.25) is 0 Å². The molecule has 0 spiro atoms. The van der Waals surface area contributed by atoms with E-state index in [1.54, 1.807) is 37.5 Å². The summed E-state index contributed by atoms with van der Waals surface area (Å²) in [6.07, 6.45) is 3.08. The second kappa shape index (κ2) is 8.78. The van der Waals surface area contributed by atoms with Crippen LogP contribution in [0, 0.1) is 5.82 Å². The Balaban J connectivity index is 1.35. The minimum absolute atomic E-state index is 0.0424. The first-order chi connectivity index (χ1) is 16.5. The highest BCUT2D eigenvalue weighted by Crippen LogP contribution is 2.37. The SMILES string of the molecule is CN1C(=O)C(NC(=O)c2cc(Oc3cccc(F)c3)ccn2)COc2ccc3ncccc3c21. The summed E-state index contributed by atoms with van der Waals surface area (Å²) < 4.78 is 24.9. The molecule has 1 unspecified atom stereocenters. The van der Waals surface area contributed by atoms with E-state index in [1.165, 1.54) is 35.4 Å². The van der Waals surface area contributed by atoms with Gasteiger partial charge in [0.25, 0.3) is 11.8 Å². The lowest BCUT2D eigenvalue weighted by Crippen LogP contribution is -2.49. The van der Waals surface area contributed by atoms with Gasteiger partial charge in [-0.1, -0.05) is 6.07 Å². The Bertz CT molecular complexity index is 1410. The third-order valence-electron chi connectivity index (χ3n) is 5.39. The third-order valence-corrected chi connectivity index (χ3v) is 5.39. The largest absolute Gasteiger partial charge is 0.489 e. The fourth-order valence-electron chi connectivity index (χ4n) is 3.77. The van der Waals surface area contributed by atoms with Crippen LogP contribution in [-0.2, 0) is 4.79 Å². The molecule has 1 N–H and O–H groups in total. The fourth-order valence-corrected chi connectivity index (χ4v) is 3.77. The number of halogens is 1. The van der Waals surface area contributed by atoms with E-state index in [0.717, 1.165) is 10.9 Å². The lowest BCUT2D eigenvalue weighted by atomic mass is 10.1. The number of pyridine rings is 2. The van der Waals surface area contributed by atoms with Crippen molar-refractivity contribution in [2.75, 3.05) is 18.6 Å². The standard InChI is InChI=1S/C25H19FN4O4/c1-30-23-18-6-3-10-27-19(18)7-8-22(23)33-14-21(25(30)32)29-24(31)20-13-17(9-11-28-20)34-16-5-2-4-15(26)12-16/h2-13,21H,14H2,1H3,(H,29,31). The van der Waals surface area contributed by atoms with Gasteiger partial charge in [-0.15, -0.1) is 0 Å². The fraction of sp³-hybridized carbons (Fsp3) is 0.120. The first-order valence-electron chi connectivity index (χ1n) is 10.5. The highest BCUT2D eigenvalue weighted by Gasteiger charge is 2.32. The zero-order valence-electron chi connectivity index (χ0n) is 18.1. The minimum atomic E-state index is -0.939. The average Bonchev–Trinajstić information content (AvgIpc) is 2.96. The molecule has 0 bridgehead atoms. The van der Waals surface area contributed by atoms with E-state index in [-0.39, 0.29) is 24.0 Å². The topological polar surface area (TPSA) is 93.7 Å². The maximum absolute atomic E-state index is 13.4. The van der Waals surface area contributed by atoms with Crippen molar-refractivity contribution in [1.82, 2.24) is 15.3 Å². The van der Waals surface area contributed by atoms with E-state index in [0.29, 0.717) is 17.2 Å². The molecular weight excluding hydrogens is 439 g/mol. The Kier molecular flexibility index (Phi) is 5.51. The number of nitrogens with one attached hydrogen (secondary N) is 1. The highest BCUT2D eigenvalue weighted by atomic mass is 19.1. The number of rotatable bonds is 4. The molecule has 2 aromatic heterocycles. The first-order valence-corrected chi connectivity index (χ1v) is 10.5. The van der Waals surface area contributed by atoms with Gasteiger partial charge in [-0.05, 0) is 42.5 Å². The summed E-state index contributed by atoms with van der Waals surface area (Å²) in [6, 6.07) is 14.9. The van der Waals surface area contributed by atoms with Crippen molar-refractivity contribution in [2.45, 2.75) is 6.04 Å². The summed E-state index contributed by atoms with van der Waals surface area (Å²) in [5, 5.41) is 3.46. The maximum atomic E-state index is 13.4. The van der Waals surface area contributed by atoms with Crippen LogP contribution in [0.5, 0.6) is 17.2 Å². The van der Waals surface area contributed by atoms with Crippen molar-refractivity contribution in [3.05, 3.63) is 84.6 Å². The van der Waals surface area contributed by atoms with Gasteiger partial charge in [-0.25, -0.2) is 4.39 Å². The van der Waals surface area contributed by atoms with E-state index >= 15 is 0 Å². The summed E-state index contributed by atoms with van der Waals surface area (Å²) in [6.45, 7) is -0.0484. The number of hydrogen-bond donors (Lipinski definition) is 1. The summed E-state index contributed by atoms with van der Waals surface area (Å²) in [4.78, 5) is 35.9. The molecule has 8 nitrogen and oxygen atoms in total. The molecule has 9 heteroatoms. The predicted octanol–water partition coefficient (Wildman–Crippen LogP) is 3.72. The van der Waals surface area contributed by atoms with Crippen molar-refractivity contribution >= 4 is 28.4 Å². The quantitative estimate of drug-likeness (QED) is 0.501. The number of anilines is 1. The van der Waals surface area contributed by atoms with E-state index in [2.05, 4.69) is 15.3 Å². The number of ether oxygens (including phenoxy) is 2. The van der Waals surface area contributed by atoms with Crippen LogP contribution in [0.4, 0.5) is 10.1 Å². The zero-order valence-corrected chi connectivity index (χ0v) is 18.1. The monoisotopic (exact) mass is 458 g/mol. The van der Waals surface area contributed by atoms with Crippen LogP contribution in [0.1, 0.15) is 10.5 Å². The molecule has 5 rings (SSSR count). The molecule has 1 aliphatic heterocycles. The Morgan fingerprint density at radius 1 is 1.09 bits per heavy atom. The normalized spacial score (nSPS) is 15.3. The van der Waals surface area contributed by atoms with Crippen LogP contribution in [0.3, 0.4) is 0 Å². The molecule has 1 atom stereocenters. The van der Waals surface area contributed by atoms with E-state index in [1.807, 2.05) is 12.1 Å². The Labute approximate surface area is 194 Å². The van der Waals surface area contributed by atoms with Crippen molar-refractivity contribution in [3.63, 3.8) is 0 Å². The molecule has 1 aliphatic rings. The van der Waals surface area contributed by atoms with Crippen molar-refractivity contribution in [3.8, 4) is 17.2 Å². The molecule has 0 saturated carbocycles. The van der Waals surface area contributed by atoms with E-state index in [4.69, 9.17) is 9.47 Å². The smallest absolute Gasteiger partial charge is 0.270 e. The number of likely N-dealkylation sites (N-methyl/N-ethyl adjacent to an activating group) is 1. The molecule has 34 heavy (non-hydrogen) atoms. The van der Waals surface area contributed by atoms with Crippen LogP contribution in [0.15, 0.2) is 73.1 Å². The van der Waals surface area contributed by atoms with E-state index < -0.39 is 17.8 Å². The van der Waals surface area contributed by atoms with Gasteiger partial charge in [-0.3, -0.25) is 19.6 Å². The van der Waals surface area contributed by atoms with Gasteiger partial charge < -0.3 is 19.7 Å². The number of benzene rings is 2. The average molecular weight is 458 g/mol. The zero-order chi connectivity index (χ0) is 23.7. The summed E-state index contributed by atoms with van der Waals surface area (Å²) in [5.41, 5.74) is 1.36. The summed E-state index contributed by atoms with van der Waals surface area (Å²) >= 11 is 0. The number of aromatic nitrogens is 2. The van der Waals surface area contributed by atoms with E-state index in [9.17, 15) is 14.0 Å². The molecule has 4 aromatic rings. The predicted molar refractivity (Wildman–Crippen MR) is 123 cm³/mol. The third kappa shape index (κ3) is 4.11. The summed E-state index contributed by atoms with van der Waals surface area (Å²) in [5.74, 6) is -0.237. The number of carbonyl (C=O) groups excluding carboxylic acids is 2. The molecule has 0 saturated heterocycles. The van der Waals surface area contributed by atoms with Crippen molar-refractivity contribution in [1.29, 1.82) is 0 Å². The Hall–Kier alpha value is -4.53. The van der Waals surface area contributed by atoms with Gasteiger partial charge in [0, 0.05) is 37.0 Å². The molecular formula is C25H19FN4O4. The Morgan fingerprint density at radius 2 is 1.94 bits per heavy atom. The lowest BCUT2D eigenvalue weighted by Gasteiger charge is -2.21. The van der Waals surface area contributed by atoms with Gasteiger partial charge in [-0.2, -0.15) is 0 Å². The van der Waals surface area contributed by atoms with Gasteiger partial charge in [0.1, 0.15) is 41.4 Å².